The second-order valence-corrected chi connectivity index (χ2v) is 9.22. The van der Waals surface area contributed by atoms with Crippen molar-refractivity contribution in [3.05, 3.63) is 106 Å². The van der Waals surface area contributed by atoms with Crippen molar-refractivity contribution in [3.63, 3.8) is 0 Å². The third kappa shape index (κ3) is 6.73. The predicted molar refractivity (Wildman–Crippen MR) is 140 cm³/mol. The average molecular weight is 466 g/mol. The number of hydrogen-bond donors (Lipinski definition) is 0. The van der Waals surface area contributed by atoms with Crippen LogP contribution in [0.1, 0.15) is 66.2 Å². The lowest BCUT2D eigenvalue weighted by Gasteiger charge is -2.09. The Labute approximate surface area is 207 Å². The summed E-state index contributed by atoms with van der Waals surface area (Å²) in [5.74, 6) is 0.715. The summed E-state index contributed by atoms with van der Waals surface area (Å²) in [7, 11) is 0. The molecule has 0 aliphatic carbocycles. The van der Waals surface area contributed by atoms with Crippen LogP contribution in [0.5, 0.6) is 0 Å². The Morgan fingerprint density at radius 1 is 0.743 bits per heavy atom. The van der Waals surface area contributed by atoms with Crippen molar-refractivity contribution in [2.75, 3.05) is 0 Å². The molecule has 35 heavy (non-hydrogen) atoms. The van der Waals surface area contributed by atoms with Crippen LogP contribution >= 0.6 is 0 Å². The van der Waals surface area contributed by atoms with E-state index in [9.17, 15) is 0 Å². The van der Waals surface area contributed by atoms with E-state index < -0.39 is 0 Å². The number of aromatic nitrogens is 2. The fourth-order valence-electron chi connectivity index (χ4n) is 4.41. The van der Waals surface area contributed by atoms with Crippen LogP contribution in [0.4, 0.5) is 4.39 Å². The van der Waals surface area contributed by atoms with Gasteiger partial charge in [0.15, 0.2) is 0 Å². The number of nitrogens with zero attached hydrogens (tertiary/aromatic N) is 3. The second-order valence-electron chi connectivity index (χ2n) is 9.22. The van der Waals surface area contributed by atoms with Crippen LogP contribution < -0.4 is 0 Å². The van der Waals surface area contributed by atoms with Gasteiger partial charge < -0.3 is 0 Å². The normalized spacial score (nSPS) is 11.0. The summed E-state index contributed by atoms with van der Waals surface area (Å²) in [4.78, 5) is 9.10. The van der Waals surface area contributed by atoms with E-state index in [4.69, 9.17) is 5.26 Å². The SMILES string of the molecule is CCCCCCc1cnc(CCc2ccc3c(F)c(CCc4ccc(C#N)cc4)ccc3c2)nc1. The Kier molecular flexibility index (Phi) is 8.57. The molecule has 0 atom stereocenters. The number of fused-ring (bicyclic) bond motifs is 1. The number of halogens is 1. The Morgan fingerprint density at radius 3 is 2.23 bits per heavy atom. The smallest absolute Gasteiger partial charge is 0.134 e. The molecule has 3 nitrogen and oxygen atoms in total. The van der Waals surface area contributed by atoms with Crippen molar-refractivity contribution in [1.29, 1.82) is 5.26 Å². The van der Waals surface area contributed by atoms with Gasteiger partial charge in [0.25, 0.3) is 0 Å². The van der Waals surface area contributed by atoms with Crippen molar-refractivity contribution in [3.8, 4) is 6.07 Å². The molecule has 0 fully saturated rings. The first kappa shape index (κ1) is 24.5. The first-order valence-electron chi connectivity index (χ1n) is 12.6. The van der Waals surface area contributed by atoms with E-state index in [1.807, 2.05) is 60.9 Å². The number of nitriles is 1. The van der Waals surface area contributed by atoms with Crippen LogP contribution in [-0.4, -0.2) is 9.97 Å². The molecule has 0 radical (unpaired) electrons. The number of benzene rings is 3. The molecule has 4 heteroatoms. The zero-order valence-corrected chi connectivity index (χ0v) is 20.4. The number of unbranched alkanes of at least 4 members (excludes halogenated alkanes) is 3. The van der Waals surface area contributed by atoms with E-state index in [-0.39, 0.29) is 5.82 Å². The van der Waals surface area contributed by atoms with E-state index in [0.717, 1.165) is 53.6 Å². The van der Waals surface area contributed by atoms with E-state index in [1.165, 1.54) is 31.2 Å². The highest BCUT2D eigenvalue weighted by Crippen LogP contribution is 2.24. The van der Waals surface area contributed by atoms with E-state index in [2.05, 4.69) is 29.0 Å². The first-order chi connectivity index (χ1) is 17.2. The van der Waals surface area contributed by atoms with E-state index >= 15 is 4.39 Å². The van der Waals surface area contributed by atoms with Gasteiger partial charge >= 0.3 is 0 Å². The fraction of sp³-hybridized carbons (Fsp3) is 0.323. The molecule has 1 heterocycles. The Hall–Kier alpha value is -3.58. The maximum absolute atomic E-state index is 15.2. The summed E-state index contributed by atoms with van der Waals surface area (Å²) in [5.41, 5.74) is 4.83. The molecule has 4 aromatic rings. The van der Waals surface area contributed by atoms with Crippen LogP contribution in [0.3, 0.4) is 0 Å². The van der Waals surface area contributed by atoms with Gasteiger partial charge in [0.1, 0.15) is 11.6 Å². The van der Waals surface area contributed by atoms with Crippen molar-refractivity contribution >= 4 is 10.8 Å². The number of aryl methyl sites for hydroxylation is 5. The van der Waals surface area contributed by atoms with Gasteiger partial charge in [-0.05, 0) is 71.9 Å². The molecule has 0 amide bonds. The largest absolute Gasteiger partial charge is 0.241 e. The molecule has 0 bridgehead atoms. The molecule has 0 spiro atoms. The minimum Gasteiger partial charge on any atom is -0.241 e. The molecule has 0 aliphatic heterocycles. The summed E-state index contributed by atoms with van der Waals surface area (Å²) >= 11 is 0. The van der Waals surface area contributed by atoms with Crippen molar-refractivity contribution < 1.29 is 4.39 Å². The Morgan fingerprint density at radius 2 is 1.49 bits per heavy atom. The standard InChI is InChI=1S/C31H32FN3/c1-2-3-4-5-6-26-21-34-30(35-22-26)18-13-24-12-17-29-28(19-24)16-15-27(31(29)32)14-11-23-7-9-25(20-33)10-8-23/h7-10,12,15-17,19,21-22H,2-6,11,13-14,18H2,1H3. The third-order valence-corrected chi connectivity index (χ3v) is 6.58. The lowest BCUT2D eigenvalue weighted by molar-refractivity contribution is 0.620. The molecule has 3 aromatic carbocycles. The molecule has 0 unspecified atom stereocenters. The average Bonchev–Trinajstić information content (AvgIpc) is 2.90. The minimum atomic E-state index is -0.138. The maximum atomic E-state index is 15.2. The highest BCUT2D eigenvalue weighted by Gasteiger charge is 2.09. The van der Waals surface area contributed by atoms with Gasteiger partial charge in [-0.25, -0.2) is 14.4 Å². The van der Waals surface area contributed by atoms with Gasteiger partial charge in [0.2, 0.25) is 0 Å². The minimum absolute atomic E-state index is 0.138. The molecule has 0 saturated carbocycles. The lowest BCUT2D eigenvalue weighted by Crippen LogP contribution is -2.00. The Balaban J connectivity index is 1.35. The molecule has 0 aliphatic rings. The second kappa shape index (κ2) is 12.2. The summed E-state index contributed by atoms with van der Waals surface area (Å²) < 4.78 is 15.2. The summed E-state index contributed by atoms with van der Waals surface area (Å²) in [6.45, 7) is 2.22. The molecular weight excluding hydrogens is 433 g/mol. The van der Waals surface area contributed by atoms with Crippen LogP contribution in [0.2, 0.25) is 0 Å². The highest BCUT2D eigenvalue weighted by molar-refractivity contribution is 5.84. The third-order valence-electron chi connectivity index (χ3n) is 6.58. The predicted octanol–water partition coefficient (Wildman–Crippen LogP) is 7.33. The van der Waals surface area contributed by atoms with Gasteiger partial charge in [0.05, 0.1) is 11.6 Å². The monoisotopic (exact) mass is 465 g/mol. The van der Waals surface area contributed by atoms with Gasteiger partial charge in [-0.15, -0.1) is 0 Å². The van der Waals surface area contributed by atoms with Crippen LogP contribution in [-0.2, 0) is 32.1 Å². The van der Waals surface area contributed by atoms with Crippen molar-refractivity contribution in [1.82, 2.24) is 9.97 Å². The summed E-state index contributed by atoms with van der Waals surface area (Å²) in [6.07, 6.45) is 12.9. The first-order valence-corrected chi connectivity index (χ1v) is 12.6. The molecule has 178 valence electrons. The van der Waals surface area contributed by atoms with Gasteiger partial charge in [-0.1, -0.05) is 68.7 Å². The van der Waals surface area contributed by atoms with E-state index in [0.29, 0.717) is 17.4 Å². The number of rotatable bonds is 11. The van der Waals surface area contributed by atoms with Gasteiger partial charge in [0, 0.05) is 24.2 Å². The van der Waals surface area contributed by atoms with Crippen LogP contribution in [0.25, 0.3) is 10.8 Å². The molecule has 0 N–H and O–H groups in total. The zero-order valence-electron chi connectivity index (χ0n) is 20.4. The molecular formula is C31H32FN3. The van der Waals surface area contributed by atoms with Crippen molar-refractivity contribution in [2.45, 2.75) is 64.7 Å². The topological polar surface area (TPSA) is 49.6 Å². The molecule has 4 rings (SSSR count). The van der Waals surface area contributed by atoms with Crippen LogP contribution in [0, 0.1) is 17.1 Å². The van der Waals surface area contributed by atoms with E-state index in [1.54, 1.807) is 0 Å². The number of hydrogen-bond acceptors (Lipinski definition) is 3. The fourth-order valence-corrected chi connectivity index (χ4v) is 4.41. The maximum Gasteiger partial charge on any atom is 0.134 e. The highest BCUT2D eigenvalue weighted by atomic mass is 19.1. The van der Waals surface area contributed by atoms with Gasteiger partial charge in [-0.2, -0.15) is 5.26 Å². The molecule has 0 saturated heterocycles. The summed E-state index contributed by atoms with van der Waals surface area (Å²) in [5, 5.41) is 10.5. The van der Waals surface area contributed by atoms with Crippen molar-refractivity contribution in [2.24, 2.45) is 0 Å². The van der Waals surface area contributed by atoms with Crippen LogP contribution in [0.15, 0.2) is 67.0 Å². The Bertz CT molecular complexity index is 1290. The molecule has 1 aromatic heterocycles. The lowest BCUT2D eigenvalue weighted by atomic mass is 9.98. The zero-order chi connectivity index (χ0) is 24.5. The summed E-state index contributed by atoms with van der Waals surface area (Å²) in [6, 6.07) is 19.5. The van der Waals surface area contributed by atoms with Gasteiger partial charge in [-0.3, -0.25) is 0 Å². The quantitative estimate of drug-likeness (QED) is 0.218.